The molecule has 1 amide bonds. The molecule has 4 atom stereocenters. The van der Waals surface area contributed by atoms with Crippen LogP contribution in [0.25, 0.3) is 0 Å². The number of nitrogens with zero attached hydrogens (tertiary/aromatic N) is 1. The molecule has 6 heteroatoms. The molecule has 4 unspecified atom stereocenters. The van der Waals surface area contributed by atoms with Crippen molar-refractivity contribution in [2.24, 2.45) is 0 Å². The van der Waals surface area contributed by atoms with Crippen molar-refractivity contribution in [2.45, 2.75) is 30.8 Å². The highest BCUT2D eigenvalue weighted by Crippen LogP contribution is 2.35. The Balaban J connectivity index is 2.15. The Kier molecular flexibility index (Phi) is 1.50. The molecule has 1 aliphatic heterocycles. The molecule has 12 heavy (non-hydrogen) atoms. The summed E-state index contributed by atoms with van der Waals surface area (Å²) in [5.41, 5.74) is 0. The summed E-state index contributed by atoms with van der Waals surface area (Å²) in [5.74, 6) is 0. The molecule has 3 N–H and O–H groups in total. The minimum Gasteiger partial charge on any atom is -0.463 e. The van der Waals surface area contributed by atoms with Crippen LogP contribution >= 0.6 is 0 Å². The number of hydroxylamine groups is 2. The van der Waals surface area contributed by atoms with Crippen molar-refractivity contribution in [1.29, 1.82) is 0 Å². The predicted octanol–water partition coefficient (Wildman–Crippen LogP) is -1.23. The van der Waals surface area contributed by atoms with Crippen LogP contribution < -0.4 is 0 Å². The number of hydrogen-bond acceptors (Lipinski definition) is 4. The molecular weight excluding hydrogens is 166 g/mol. The molecule has 0 aromatic heterocycles. The number of aliphatic hydroxyl groups excluding tert-OH is 2. The molecule has 0 radical (unpaired) electrons. The average molecular weight is 175 g/mol. The fraction of sp³-hybridized carbons (Fsp3) is 0.833. The van der Waals surface area contributed by atoms with Crippen molar-refractivity contribution in [3.63, 3.8) is 0 Å². The van der Waals surface area contributed by atoms with Gasteiger partial charge in [0, 0.05) is 6.42 Å². The van der Waals surface area contributed by atoms with E-state index in [1.54, 1.807) is 0 Å². The summed E-state index contributed by atoms with van der Waals surface area (Å²) >= 11 is 0. The number of aliphatic hydroxyl groups is 2. The highest BCUT2D eigenvalue weighted by Gasteiger charge is 2.54. The van der Waals surface area contributed by atoms with Gasteiger partial charge in [0.2, 0.25) is 0 Å². The van der Waals surface area contributed by atoms with E-state index in [0.29, 0.717) is 11.5 Å². The van der Waals surface area contributed by atoms with E-state index in [2.05, 4.69) is 0 Å². The van der Waals surface area contributed by atoms with E-state index < -0.39 is 30.4 Å². The summed E-state index contributed by atoms with van der Waals surface area (Å²) in [7, 11) is 0. The van der Waals surface area contributed by atoms with Gasteiger partial charge in [-0.3, -0.25) is 4.84 Å². The fourth-order valence-electron chi connectivity index (χ4n) is 1.72. The molecule has 1 aliphatic carbocycles. The van der Waals surface area contributed by atoms with Crippen molar-refractivity contribution in [3.8, 4) is 0 Å². The number of fused-ring (bicyclic) bond motifs is 2. The smallest absolute Gasteiger partial charge is 0.431 e. The van der Waals surface area contributed by atoms with E-state index in [1.807, 2.05) is 0 Å². The lowest BCUT2D eigenvalue weighted by atomic mass is 10.2. The van der Waals surface area contributed by atoms with Gasteiger partial charge in [-0.05, 0) is 0 Å². The van der Waals surface area contributed by atoms with Gasteiger partial charge >= 0.3 is 6.09 Å². The molecule has 0 aromatic rings. The highest BCUT2D eigenvalue weighted by molar-refractivity contribution is 5.64. The zero-order valence-electron chi connectivity index (χ0n) is 6.12. The molecule has 1 saturated carbocycles. The van der Waals surface area contributed by atoms with E-state index in [0.717, 1.165) is 0 Å². The van der Waals surface area contributed by atoms with Gasteiger partial charge < -0.3 is 15.3 Å². The third-order valence-electron chi connectivity index (χ3n) is 2.34. The summed E-state index contributed by atoms with van der Waals surface area (Å²) in [6.07, 6.45) is -3.39. The average Bonchev–Trinajstić information content (AvgIpc) is 2.53. The standard InChI is InChI=1S/C6H9NO5/c8-4-2-1-3(5(4)9)12-7(2)6(10)11/h2-5,8-9H,1H2,(H,10,11). The van der Waals surface area contributed by atoms with Crippen molar-refractivity contribution in [1.82, 2.24) is 5.06 Å². The first-order valence-electron chi connectivity index (χ1n) is 3.66. The number of hydrogen-bond donors (Lipinski definition) is 3. The normalized spacial score (nSPS) is 45.3. The van der Waals surface area contributed by atoms with Crippen LogP contribution in [0.3, 0.4) is 0 Å². The van der Waals surface area contributed by atoms with Crippen LogP contribution in [0.2, 0.25) is 0 Å². The quantitative estimate of drug-likeness (QED) is 0.429. The van der Waals surface area contributed by atoms with E-state index in [9.17, 15) is 15.0 Å². The van der Waals surface area contributed by atoms with Crippen LogP contribution in [0.1, 0.15) is 6.42 Å². The van der Waals surface area contributed by atoms with E-state index in [4.69, 9.17) is 9.94 Å². The second-order valence-electron chi connectivity index (χ2n) is 3.04. The van der Waals surface area contributed by atoms with Gasteiger partial charge in [0.15, 0.2) is 0 Å². The maximum absolute atomic E-state index is 10.5. The molecular formula is C6H9NO5. The second-order valence-corrected chi connectivity index (χ2v) is 3.04. The molecule has 68 valence electrons. The zero-order chi connectivity index (χ0) is 8.88. The second kappa shape index (κ2) is 2.32. The SMILES string of the molecule is O=C(O)N1OC2CC1C(O)C2O. The monoisotopic (exact) mass is 175 g/mol. The lowest BCUT2D eigenvalue weighted by Gasteiger charge is -2.29. The van der Waals surface area contributed by atoms with E-state index in [1.165, 1.54) is 0 Å². The van der Waals surface area contributed by atoms with Crippen molar-refractivity contribution in [3.05, 3.63) is 0 Å². The molecule has 2 rings (SSSR count). The van der Waals surface area contributed by atoms with Gasteiger partial charge in [-0.2, -0.15) is 5.06 Å². The molecule has 2 bridgehead atoms. The van der Waals surface area contributed by atoms with Gasteiger partial charge in [0.25, 0.3) is 0 Å². The summed E-state index contributed by atoms with van der Waals surface area (Å²) < 4.78 is 0. The number of amides is 1. The molecule has 6 nitrogen and oxygen atoms in total. The fourth-order valence-corrected chi connectivity index (χ4v) is 1.72. The van der Waals surface area contributed by atoms with Crippen LogP contribution in [-0.4, -0.2) is 50.8 Å². The Morgan fingerprint density at radius 2 is 2.08 bits per heavy atom. The summed E-state index contributed by atoms with van der Waals surface area (Å²) in [5, 5.41) is 27.7. The van der Waals surface area contributed by atoms with E-state index in [-0.39, 0.29) is 0 Å². The lowest BCUT2D eigenvalue weighted by Crippen LogP contribution is -2.50. The number of rotatable bonds is 0. The molecule has 0 aromatic carbocycles. The molecule has 1 heterocycles. The lowest BCUT2D eigenvalue weighted by molar-refractivity contribution is -0.221. The first kappa shape index (κ1) is 7.78. The number of carbonyl (C=O) groups is 1. The third kappa shape index (κ3) is 0.825. The summed E-state index contributed by atoms with van der Waals surface area (Å²) in [6, 6.07) is -0.609. The Hall–Kier alpha value is -0.850. The van der Waals surface area contributed by atoms with Crippen molar-refractivity contribution >= 4 is 6.09 Å². The largest absolute Gasteiger partial charge is 0.463 e. The molecule has 2 aliphatic rings. The Bertz CT molecular complexity index is 218. The third-order valence-corrected chi connectivity index (χ3v) is 2.34. The molecule has 2 fully saturated rings. The van der Waals surface area contributed by atoms with Crippen LogP contribution in [0.15, 0.2) is 0 Å². The highest BCUT2D eigenvalue weighted by atomic mass is 16.7. The molecule has 0 spiro atoms. The Morgan fingerprint density at radius 1 is 1.42 bits per heavy atom. The van der Waals surface area contributed by atoms with Crippen LogP contribution in [0.4, 0.5) is 4.79 Å². The maximum atomic E-state index is 10.5. The topological polar surface area (TPSA) is 90.2 Å². The summed E-state index contributed by atoms with van der Waals surface area (Å²) in [4.78, 5) is 15.3. The molecule has 1 saturated heterocycles. The Labute approximate surface area is 67.9 Å². The van der Waals surface area contributed by atoms with Gasteiger partial charge in [0.1, 0.15) is 18.3 Å². The van der Waals surface area contributed by atoms with Gasteiger partial charge in [-0.25, -0.2) is 4.79 Å². The van der Waals surface area contributed by atoms with Gasteiger partial charge in [-0.15, -0.1) is 0 Å². The van der Waals surface area contributed by atoms with Gasteiger partial charge in [-0.1, -0.05) is 0 Å². The predicted molar refractivity (Wildman–Crippen MR) is 35.2 cm³/mol. The zero-order valence-corrected chi connectivity index (χ0v) is 6.12. The van der Waals surface area contributed by atoms with Crippen molar-refractivity contribution in [2.75, 3.05) is 0 Å². The number of carboxylic acid groups (broad SMARTS) is 1. The van der Waals surface area contributed by atoms with Crippen LogP contribution in [0.5, 0.6) is 0 Å². The first-order chi connectivity index (χ1) is 5.61. The van der Waals surface area contributed by atoms with Crippen LogP contribution in [-0.2, 0) is 4.84 Å². The van der Waals surface area contributed by atoms with Crippen molar-refractivity contribution < 1.29 is 25.0 Å². The van der Waals surface area contributed by atoms with Gasteiger partial charge in [0.05, 0.1) is 6.04 Å². The maximum Gasteiger partial charge on any atom is 0.431 e. The first-order valence-corrected chi connectivity index (χ1v) is 3.66. The summed E-state index contributed by atoms with van der Waals surface area (Å²) in [6.45, 7) is 0. The Morgan fingerprint density at radius 3 is 2.50 bits per heavy atom. The minimum absolute atomic E-state index is 0.370. The van der Waals surface area contributed by atoms with Crippen LogP contribution in [0, 0.1) is 0 Å². The minimum atomic E-state index is -1.23. The van der Waals surface area contributed by atoms with E-state index >= 15 is 0 Å².